The van der Waals surface area contributed by atoms with E-state index in [1.807, 2.05) is 12.2 Å². The Hall–Kier alpha value is -4.10. The molecule has 0 aromatic heterocycles. The smallest absolute Gasteiger partial charge is 0.0435 e. The highest BCUT2D eigenvalue weighted by atomic mass is 15.1. The average Bonchev–Trinajstić information content (AvgIpc) is 2.94. The maximum atomic E-state index is 3.78. The second-order valence-electron chi connectivity index (χ2n) is 9.21. The zero-order valence-corrected chi connectivity index (χ0v) is 21.3. The van der Waals surface area contributed by atoms with Gasteiger partial charge in [-0.05, 0) is 65.8 Å². The highest BCUT2D eigenvalue weighted by Gasteiger charge is 2.14. The Kier molecular flexibility index (Phi) is 8.72. The summed E-state index contributed by atoms with van der Waals surface area (Å²) in [6, 6.07) is 39.4. The molecule has 4 rings (SSSR count). The molecule has 0 saturated carbocycles. The molecule has 0 aliphatic carbocycles. The van der Waals surface area contributed by atoms with Gasteiger partial charge in [-0.25, -0.2) is 0 Å². The van der Waals surface area contributed by atoms with Gasteiger partial charge in [0.15, 0.2) is 0 Å². The van der Waals surface area contributed by atoms with E-state index in [9.17, 15) is 0 Å². The van der Waals surface area contributed by atoms with Crippen molar-refractivity contribution in [3.63, 3.8) is 0 Å². The third-order valence-electron chi connectivity index (χ3n) is 6.41. The van der Waals surface area contributed by atoms with Crippen LogP contribution in [-0.2, 0) is 0 Å². The maximum absolute atomic E-state index is 3.78. The minimum Gasteiger partial charge on any atom is -0.365 e. The Bertz CT molecular complexity index is 1280. The van der Waals surface area contributed by atoms with Gasteiger partial charge >= 0.3 is 0 Å². The summed E-state index contributed by atoms with van der Waals surface area (Å²) in [7, 11) is 0. The van der Waals surface area contributed by atoms with E-state index in [0.29, 0.717) is 6.04 Å². The van der Waals surface area contributed by atoms with Crippen molar-refractivity contribution < 1.29 is 0 Å². The lowest BCUT2D eigenvalue weighted by molar-refractivity contribution is 0.727. The van der Waals surface area contributed by atoms with E-state index in [0.717, 1.165) is 13.0 Å². The van der Waals surface area contributed by atoms with E-state index in [1.165, 1.54) is 39.1 Å². The molecule has 0 bridgehead atoms. The highest BCUT2D eigenvalue weighted by molar-refractivity contribution is 5.73. The number of benzene rings is 4. The summed E-state index contributed by atoms with van der Waals surface area (Å²) >= 11 is 0. The van der Waals surface area contributed by atoms with Crippen LogP contribution >= 0.6 is 0 Å². The van der Waals surface area contributed by atoms with Crippen molar-refractivity contribution in [3.8, 4) is 22.3 Å². The van der Waals surface area contributed by atoms with Gasteiger partial charge in [0.1, 0.15) is 0 Å². The SMILES string of the molecule is C=C/C=C\C/C=C(\CN(c1ccc(-c2ccc(-c3ccccc3)cc2)cc1)C(C)C)c1ccccc1. The molecule has 0 fully saturated rings. The van der Waals surface area contributed by atoms with Crippen LogP contribution in [-0.4, -0.2) is 12.6 Å². The molecule has 1 nitrogen and oxygen atoms in total. The van der Waals surface area contributed by atoms with E-state index in [1.54, 1.807) is 0 Å². The molecule has 4 aromatic carbocycles. The summed E-state index contributed by atoms with van der Waals surface area (Å²) in [6.45, 7) is 9.15. The van der Waals surface area contributed by atoms with Crippen LogP contribution in [0.15, 0.2) is 140 Å². The average molecular weight is 470 g/mol. The summed E-state index contributed by atoms with van der Waals surface area (Å²) in [5, 5.41) is 0. The van der Waals surface area contributed by atoms with Crippen LogP contribution < -0.4 is 4.90 Å². The Balaban J connectivity index is 1.55. The molecule has 0 amide bonds. The normalized spacial score (nSPS) is 11.7. The van der Waals surface area contributed by atoms with Crippen molar-refractivity contribution in [3.05, 3.63) is 146 Å². The number of hydrogen-bond acceptors (Lipinski definition) is 1. The number of anilines is 1. The number of nitrogens with zero attached hydrogens (tertiary/aromatic N) is 1. The van der Waals surface area contributed by atoms with Crippen molar-refractivity contribution in [2.24, 2.45) is 0 Å². The third kappa shape index (κ3) is 6.52. The van der Waals surface area contributed by atoms with Crippen molar-refractivity contribution in [2.75, 3.05) is 11.4 Å². The molecule has 0 N–H and O–H groups in total. The summed E-state index contributed by atoms with van der Waals surface area (Å²) < 4.78 is 0. The molecular formula is C35H35N. The third-order valence-corrected chi connectivity index (χ3v) is 6.41. The van der Waals surface area contributed by atoms with Crippen LogP contribution in [0, 0.1) is 0 Å². The molecule has 0 unspecified atom stereocenters. The van der Waals surface area contributed by atoms with Gasteiger partial charge in [-0.2, -0.15) is 0 Å². The van der Waals surface area contributed by atoms with Crippen molar-refractivity contribution in [1.82, 2.24) is 0 Å². The maximum Gasteiger partial charge on any atom is 0.0435 e. The van der Waals surface area contributed by atoms with E-state index < -0.39 is 0 Å². The van der Waals surface area contributed by atoms with Crippen LogP contribution in [0.25, 0.3) is 27.8 Å². The van der Waals surface area contributed by atoms with Gasteiger partial charge < -0.3 is 4.90 Å². The zero-order valence-electron chi connectivity index (χ0n) is 21.3. The van der Waals surface area contributed by atoms with Crippen LogP contribution in [0.1, 0.15) is 25.8 Å². The number of rotatable bonds is 10. The molecule has 0 radical (unpaired) electrons. The quantitative estimate of drug-likeness (QED) is 0.209. The largest absolute Gasteiger partial charge is 0.365 e. The molecule has 0 heterocycles. The molecule has 36 heavy (non-hydrogen) atoms. The van der Waals surface area contributed by atoms with Gasteiger partial charge in [0.25, 0.3) is 0 Å². The highest BCUT2D eigenvalue weighted by Crippen LogP contribution is 2.29. The van der Waals surface area contributed by atoms with Crippen LogP contribution in [0.5, 0.6) is 0 Å². The van der Waals surface area contributed by atoms with Gasteiger partial charge in [0.05, 0.1) is 0 Å². The van der Waals surface area contributed by atoms with Gasteiger partial charge in [-0.3, -0.25) is 0 Å². The lowest BCUT2D eigenvalue weighted by Gasteiger charge is -2.30. The summed E-state index contributed by atoms with van der Waals surface area (Å²) in [6.07, 6.45) is 9.19. The van der Waals surface area contributed by atoms with Gasteiger partial charge in [0.2, 0.25) is 0 Å². The predicted octanol–water partition coefficient (Wildman–Crippen LogP) is 9.45. The van der Waals surface area contributed by atoms with Crippen LogP contribution in [0.4, 0.5) is 5.69 Å². The topological polar surface area (TPSA) is 3.24 Å². The Morgan fingerprint density at radius 3 is 1.72 bits per heavy atom. The molecule has 4 aromatic rings. The molecule has 180 valence electrons. The first-order valence-corrected chi connectivity index (χ1v) is 12.7. The lowest BCUT2D eigenvalue weighted by Crippen LogP contribution is -2.32. The standard InChI is InChI=1S/C35H35N/c1-4-5-6-9-18-34(30-16-12-8-13-17-30)27-36(28(2)3)35-25-23-33(24-26-35)32-21-19-31(20-22-32)29-14-10-7-11-15-29/h4-8,10-26,28H,1,9,27H2,2-3H3/b6-5-,34-18+. The van der Waals surface area contributed by atoms with Gasteiger partial charge in [0, 0.05) is 18.3 Å². The minimum absolute atomic E-state index is 0.372. The van der Waals surface area contributed by atoms with Crippen LogP contribution in [0.3, 0.4) is 0 Å². The van der Waals surface area contributed by atoms with Gasteiger partial charge in [-0.15, -0.1) is 0 Å². The fraction of sp³-hybridized carbons (Fsp3) is 0.143. The Morgan fingerprint density at radius 1 is 0.694 bits per heavy atom. The fourth-order valence-electron chi connectivity index (χ4n) is 4.40. The first kappa shape index (κ1) is 25.0. The van der Waals surface area contributed by atoms with E-state index in [4.69, 9.17) is 0 Å². The lowest BCUT2D eigenvalue weighted by atomic mass is 9.99. The molecule has 0 aliphatic rings. The van der Waals surface area contributed by atoms with E-state index in [-0.39, 0.29) is 0 Å². The van der Waals surface area contributed by atoms with Crippen molar-refractivity contribution in [1.29, 1.82) is 0 Å². The Morgan fingerprint density at radius 2 is 1.19 bits per heavy atom. The first-order chi connectivity index (χ1) is 17.7. The van der Waals surface area contributed by atoms with E-state index in [2.05, 4.69) is 147 Å². The summed E-state index contributed by atoms with van der Waals surface area (Å²) in [4.78, 5) is 2.47. The fourth-order valence-corrected chi connectivity index (χ4v) is 4.40. The minimum atomic E-state index is 0.372. The first-order valence-electron chi connectivity index (χ1n) is 12.7. The molecule has 0 aliphatic heterocycles. The van der Waals surface area contributed by atoms with Crippen molar-refractivity contribution >= 4 is 11.3 Å². The second kappa shape index (κ2) is 12.6. The predicted molar refractivity (Wildman–Crippen MR) is 158 cm³/mol. The number of allylic oxidation sites excluding steroid dienone is 4. The molecular weight excluding hydrogens is 434 g/mol. The zero-order chi connectivity index (χ0) is 25.2. The summed E-state index contributed by atoms with van der Waals surface area (Å²) in [5.74, 6) is 0. The Labute approximate surface area is 216 Å². The molecule has 0 atom stereocenters. The number of hydrogen-bond donors (Lipinski definition) is 0. The molecule has 1 heteroatoms. The van der Waals surface area contributed by atoms with Crippen molar-refractivity contribution in [2.45, 2.75) is 26.3 Å². The van der Waals surface area contributed by atoms with Crippen LogP contribution in [0.2, 0.25) is 0 Å². The molecule has 0 spiro atoms. The second-order valence-corrected chi connectivity index (χ2v) is 9.21. The molecule has 0 saturated heterocycles. The van der Waals surface area contributed by atoms with E-state index >= 15 is 0 Å². The summed E-state index contributed by atoms with van der Waals surface area (Å²) in [5.41, 5.74) is 8.79. The van der Waals surface area contributed by atoms with Gasteiger partial charge in [-0.1, -0.05) is 128 Å². The monoisotopic (exact) mass is 469 g/mol.